The average Bonchev–Trinajstić information content (AvgIpc) is 3.22. The van der Waals surface area contributed by atoms with E-state index in [1.807, 2.05) is 31.2 Å². The summed E-state index contributed by atoms with van der Waals surface area (Å²) in [5, 5.41) is 9.12. The standard InChI is InChI=1S/C24H24N4O4S/c1-13-25-23(28-18-11-16(27-14(2)29)7-9-19(18)30-3)22-17(12-33-24(22)26-13)15-6-8-20(31-4)21(10-15)32-5/h6-12H,1-5H3,(H,27,29)(H,25,26,28). The Morgan fingerprint density at radius 2 is 1.67 bits per heavy atom. The van der Waals surface area contributed by atoms with Crippen molar-refractivity contribution in [2.45, 2.75) is 13.8 Å². The van der Waals surface area contributed by atoms with Crippen molar-refractivity contribution < 1.29 is 19.0 Å². The van der Waals surface area contributed by atoms with Crippen molar-refractivity contribution in [1.29, 1.82) is 0 Å². The zero-order valence-electron chi connectivity index (χ0n) is 19.0. The molecule has 8 nitrogen and oxygen atoms in total. The summed E-state index contributed by atoms with van der Waals surface area (Å²) in [5.41, 5.74) is 3.25. The molecule has 2 heterocycles. The fourth-order valence-corrected chi connectivity index (χ4v) is 4.56. The number of aryl methyl sites for hydroxylation is 1. The fraction of sp³-hybridized carbons (Fsp3) is 0.208. The van der Waals surface area contributed by atoms with Gasteiger partial charge in [-0.25, -0.2) is 9.97 Å². The van der Waals surface area contributed by atoms with Crippen molar-refractivity contribution >= 4 is 44.7 Å². The monoisotopic (exact) mass is 464 g/mol. The first kappa shape index (κ1) is 22.3. The molecule has 170 valence electrons. The number of nitrogens with zero attached hydrogens (tertiary/aromatic N) is 2. The molecular weight excluding hydrogens is 440 g/mol. The highest BCUT2D eigenvalue weighted by atomic mass is 32.1. The van der Waals surface area contributed by atoms with Crippen LogP contribution >= 0.6 is 11.3 Å². The van der Waals surface area contributed by atoms with E-state index in [1.54, 1.807) is 44.8 Å². The molecule has 0 bridgehead atoms. The number of ether oxygens (including phenoxy) is 3. The summed E-state index contributed by atoms with van der Waals surface area (Å²) in [7, 11) is 4.82. The Labute approximate surface area is 195 Å². The van der Waals surface area contributed by atoms with E-state index in [2.05, 4.69) is 26.0 Å². The van der Waals surface area contributed by atoms with E-state index in [-0.39, 0.29) is 5.91 Å². The first-order chi connectivity index (χ1) is 15.9. The van der Waals surface area contributed by atoms with E-state index >= 15 is 0 Å². The van der Waals surface area contributed by atoms with Crippen LogP contribution < -0.4 is 24.8 Å². The van der Waals surface area contributed by atoms with Gasteiger partial charge < -0.3 is 24.8 Å². The lowest BCUT2D eigenvalue weighted by Crippen LogP contribution is -2.06. The second kappa shape index (κ2) is 9.33. The van der Waals surface area contributed by atoms with E-state index in [1.165, 1.54) is 6.92 Å². The molecule has 4 aromatic rings. The molecule has 9 heteroatoms. The van der Waals surface area contributed by atoms with Crippen LogP contribution in [0.4, 0.5) is 17.2 Å². The molecular formula is C24H24N4O4S. The first-order valence-corrected chi connectivity index (χ1v) is 11.0. The molecule has 0 atom stereocenters. The highest BCUT2D eigenvalue weighted by Gasteiger charge is 2.18. The van der Waals surface area contributed by atoms with Gasteiger partial charge in [0.1, 0.15) is 22.2 Å². The van der Waals surface area contributed by atoms with Gasteiger partial charge in [-0.15, -0.1) is 11.3 Å². The number of aromatic nitrogens is 2. The number of anilines is 3. The van der Waals surface area contributed by atoms with E-state index in [9.17, 15) is 4.79 Å². The maximum atomic E-state index is 11.5. The predicted octanol–water partition coefficient (Wildman–Crippen LogP) is 5.39. The molecule has 0 radical (unpaired) electrons. The number of fused-ring (bicyclic) bond motifs is 1. The van der Waals surface area contributed by atoms with E-state index in [0.717, 1.165) is 21.3 Å². The van der Waals surface area contributed by atoms with Crippen LogP contribution in [-0.2, 0) is 4.79 Å². The fourth-order valence-electron chi connectivity index (χ4n) is 3.57. The number of methoxy groups -OCH3 is 3. The molecule has 2 N–H and O–H groups in total. The largest absolute Gasteiger partial charge is 0.495 e. The molecule has 0 unspecified atom stereocenters. The molecule has 0 saturated carbocycles. The Morgan fingerprint density at radius 1 is 0.939 bits per heavy atom. The maximum absolute atomic E-state index is 11.5. The third-order valence-electron chi connectivity index (χ3n) is 5.01. The van der Waals surface area contributed by atoms with Gasteiger partial charge in [0.15, 0.2) is 11.5 Å². The van der Waals surface area contributed by atoms with Gasteiger partial charge in [0.2, 0.25) is 5.91 Å². The Morgan fingerprint density at radius 3 is 2.36 bits per heavy atom. The lowest BCUT2D eigenvalue weighted by molar-refractivity contribution is -0.114. The van der Waals surface area contributed by atoms with Crippen molar-refractivity contribution in [2.75, 3.05) is 32.0 Å². The van der Waals surface area contributed by atoms with Crippen molar-refractivity contribution in [3.8, 4) is 28.4 Å². The van der Waals surface area contributed by atoms with Crippen LogP contribution in [0.5, 0.6) is 17.2 Å². The Kier molecular flexibility index (Phi) is 6.32. The summed E-state index contributed by atoms with van der Waals surface area (Å²) in [4.78, 5) is 21.7. The van der Waals surface area contributed by atoms with Crippen molar-refractivity contribution in [3.63, 3.8) is 0 Å². The molecule has 0 spiro atoms. The second-order valence-electron chi connectivity index (χ2n) is 7.24. The molecule has 0 saturated heterocycles. The maximum Gasteiger partial charge on any atom is 0.221 e. The summed E-state index contributed by atoms with van der Waals surface area (Å²) >= 11 is 1.54. The highest BCUT2D eigenvalue weighted by molar-refractivity contribution is 7.17. The number of amides is 1. The van der Waals surface area contributed by atoms with Gasteiger partial charge in [-0.05, 0) is 42.8 Å². The Balaban J connectivity index is 1.85. The summed E-state index contributed by atoms with van der Waals surface area (Å²) in [6, 6.07) is 11.2. The number of benzene rings is 2. The molecule has 4 rings (SSSR count). The summed E-state index contributed by atoms with van der Waals surface area (Å²) in [6.45, 7) is 3.32. The number of hydrogen-bond donors (Lipinski definition) is 2. The number of nitrogens with one attached hydrogen (secondary N) is 2. The molecule has 0 fully saturated rings. The van der Waals surface area contributed by atoms with Crippen LogP contribution in [0.25, 0.3) is 21.3 Å². The molecule has 0 aliphatic heterocycles. The number of thiophene rings is 1. The van der Waals surface area contributed by atoms with Crippen molar-refractivity contribution in [1.82, 2.24) is 9.97 Å². The number of hydrogen-bond acceptors (Lipinski definition) is 8. The molecule has 33 heavy (non-hydrogen) atoms. The average molecular weight is 465 g/mol. The van der Waals surface area contributed by atoms with Crippen LogP contribution in [-0.4, -0.2) is 37.2 Å². The number of rotatable bonds is 7. The van der Waals surface area contributed by atoms with Gasteiger partial charge >= 0.3 is 0 Å². The van der Waals surface area contributed by atoms with Gasteiger partial charge in [-0.3, -0.25) is 4.79 Å². The van der Waals surface area contributed by atoms with Crippen LogP contribution in [0.15, 0.2) is 41.8 Å². The quantitative estimate of drug-likeness (QED) is 0.378. The predicted molar refractivity (Wildman–Crippen MR) is 131 cm³/mol. The second-order valence-corrected chi connectivity index (χ2v) is 8.10. The van der Waals surface area contributed by atoms with Gasteiger partial charge in [0.25, 0.3) is 0 Å². The molecule has 2 aromatic heterocycles. The molecule has 1 amide bonds. The zero-order valence-corrected chi connectivity index (χ0v) is 19.8. The molecule has 0 aliphatic carbocycles. The van der Waals surface area contributed by atoms with Crippen LogP contribution in [0.3, 0.4) is 0 Å². The SMILES string of the molecule is COc1ccc(NC(C)=O)cc1Nc1nc(C)nc2scc(-c3ccc(OC)c(OC)c3)c12. The number of carbonyl (C=O) groups excluding carboxylic acids is 1. The summed E-state index contributed by atoms with van der Waals surface area (Å²) < 4.78 is 16.4. The Hall–Kier alpha value is -3.85. The van der Waals surface area contributed by atoms with E-state index in [0.29, 0.717) is 40.3 Å². The normalized spacial score (nSPS) is 10.7. The van der Waals surface area contributed by atoms with Crippen molar-refractivity contribution in [3.05, 3.63) is 47.6 Å². The molecule has 0 aliphatic rings. The zero-order chi connectivity index (χ0) is 23.5. The minimum Gasteiger partial charge on any atom is -0.495 e. The first-order valence-electron chi connectivity index (χ1n) is 10.1. The van der Waals surface area contributed by atoms with Crippen LogP contribution in [0.1, 0.15) is 12.7 Å². The lowest BCUT2D eigenvalue weighted by Gasteiger charge is -2.15. The third kappa shape index (κ3) is 4.54. The minimum absolute atomic E-state index is 0.153. The van der Waals surface area contributed by atoms with Gasteiger partial charge in [0.05, 0.1) is 32.4 Å². The van der Waals surface area contributed by atoms with Crippen LogP contribution in [0, 0.1) is 6.92 Å². The topological polar surface area (TPSA) is 94.6 Å². The van der Waals surface area contributed by atoms with E-state index in [4.69, 9.17) is 14.2 Å². The lowest BCUT2D eigenvalue weighted by atomic mass is 10.1. The van der Waals surface area contributed by atoms with Crippen molar-refractivity contribution in [2.24, 2.45) is 0 Å². The van der Waals surface area contributed by atoms with Gasteiger partial charge in [-0.1, -0.05) is 6.07 Å². The summed E-state index contributed by atoms with van der Waals surface area (Å²) in [6.07, 6.45) is 0. The van der Waals surface area contributed by atoms with Gasteiger partial charge in [0, 0.05) is 23.6 Å². The third-order valence-corrected chi connectivity index (χ3v) is 5.89. The molecule has 2 aromatic carbocycles. The van der Waals surface area contributed by atoms with E-state index < -0.39 is 0 Å². The minimum atomic E-state index is -0.153. The number of carbonyl (C=O) groups is 1. The van der Waals surface area contributed by atoms with Gasteiger partial charge in [-0.2, -0.15) is 0 Å². The highest BCUT2D eigenvalue weighted by Crippen LogP contribution is 2.41. The Bertz CT molecular complexity index is 1340. The van der Waals surface area contributed by atoms with Crippen LogP contribution in [0.2, 0.25) is 0 Å². The smallest absolute Gasteiger partial charge is 0.221 e. The summed E-state index contributed by atoms with van der Waals surface area (Å²) in [5.74, 6) is 3.05.